The standard InChI is InChI=1S/C8H20P.ClHO4/c1-5-9(6-2,7-3)8-4;2-1(3,4)5/h5-8H2,1-4H3;(H,2,3,4,5)/q+1;/p-1. The van der Waals surface area contributed by atoms with Crippen molar-refractivity contribution < 1.29 is 28.9 Å². The normalized spacial score (nSPS) is 12.0. The van der Waals surface area contributed by atoms with Crippen LogP contribution in [0.3, 0.4) is 0 Å². The summed E-state index contributed by atoms with van der Waals surface area (Å²) in [6.45, 7) is 9.41. The van der Waals surface area contributed by atoms with E-state index < -0.39 is 17.5 Å². The van der Waals surface area contributed by atoms with Crippen molar-refractivity contribution in [3.05, 3.63) is 0 Å². The van der Waals surface area contributed by atoms with Gasteiger partial charge in [0.25, 0.3) is 0 Å². The lowest BCUT2D eigenvalue weighted by atomic mass is 10.9. The summed E-state index contributed by atoms with van der Waals surface area (Å²) in [6.07, 6.45) is 5.82. The van der Waals surface area contributed by atoms with Crippen molar-refractivity contribution in [3.63, 3.8) is 0 Å². The van der Waals surface area contributed by atoms with Gasteiger partial charge in [0.1, 0.15) is 0 Å². The van der Waals surface area contributed by atoms with E-state index in [4.69, 9.17) is 18.6 Å². The van der Waals surface area contributed by atoms with Gasteiger partial charge in [-0.3, -0.25) is 0 Å². The van der Waals surface area contributed by atoms with Gasteiger partial charge >= 0.3 is 0 Å². The van der Waals surface area contributed by atoms with Crippen LogP contribution in [0, 0.1) is 10.2 Å². The van der Waals surface area contributed by atoms with E-state index in [2.05, 4.69) is 27.7 Å². The molecule has 0 atom stereocenters. The fraction of sp³-hybridized carbons (Fsp3) is 1.00. The van der Waals surface area contributed by atoms with Crippen LogP contribution in [0.4, 0.5) is 0 Å². The van der Waals surface area contributed by atoms with Gasteiger partial charge in [-0.15, -0.1) is 10.2 Å². The summed E-state index contributed by atoms with van der Waals surface area (Å²) in [5.74, 6) is 0. The zero-order valence-corrected chi connectivity index (χ0v) is 10.9. The van der Waals surface area contributed by atoms with Crippen molar-refractivity contribution in [1.29, 1.82) is 0 Å². The molecule has 0 aliphatic carbocycles. The minimum absolute atomic E-state index is 0.420. The van der Waals surface area contributed by atoms with E-state index >= 15 is 0 Å². The topological polar surface area (TPSA) is 92.2 Å². The first-order valence-corrected chi connectivity index (χ1v) is 8.47. The van der Waals surface area contributed by atoms with Crippen molar-refractivity contribution in [2.45, 2.75) is 27.7 Å². The fourth-order valence-electron chi connectivity index (χ4n) is 1.34. The molecule has 0 saturated heterocycles. The molecule has 0 heterocycles. The zero-order valence-electron chi connectivity index (χ0n) is 9.29. The summed E-state index contributed by atoms with van der Waals surface area (Å²) in [5.41, 5.74) is 0. The molecule has 88 valence electrons. The van der Waals surface area contributed by atoms with Gasteiger partial charge in [-0.1, -0.05) is 0 Å². The molecule has 0 spiro atoms. The van der Waals surface area contributed by atoms with E-state index in [1.54, 1.807) is 0 Å². The first-order valence-electron chi connectivity index (χ1n) is 4.71. The molecule has 0 amide bonds. The number of hydrogen-bond donors (Lipinski definition) is 0. The maximum atomic E-state index is 8.49. The molecule has 0 aromatic carbocycles. The Morgan fingerprint density at radius 1 is 0.714 bits per heavy atom. The van der Waals surface area contributed by atoms with Crippen LogP contribution in [0.5, 0.6) is 0 Å². The van der Waals surface area contributed by atoms with Gasteiger partial charge in [0, 0.05) is 7.26 Å². The molecule has 6 heteroatoms. The highest BCUT2D eigenvalue weighted by Crippen LogP contribution is 2.57. The van der Waals surface area contributed by atoms with Gasteiger partial charge in [-0.2, -0.15) is 0 Å². The van der Waals surface area contributed by atoms with Crippen molar-refractivity contribution in [2.75, 3.05) is 24.6 Å². The van der Waals surface area contributed by atoms with Gasteiger partial charge in [-0.05, 0) is 27.7 Å². The highest BCUT2D eigenvalue weighted by atomic mass is 35.7. The summed E-state index contributed by atoms with van der Waals surface area (Å²) >= 11 is 0. The first kappa shape index (κ1) is 17.0. The van der Waals surface area contributed by atoms with Crippen LogP contribution in [-0.2, 0) is 0 Å². The van der Waals surface area contributed by atoms with Crippen molar-refractivity contribution >= 4 is 7.26 Å². The Morgan fingerprint density at radius 3 is 0.857 bits per heavy atom. The molecule has 0 saturated carbocycles. The lowest BCUT2D eigenvalue weighted by Crippen LogP contribution is -2.68. The second-order valence-corrected chi connectivity index (χ2v) is 8.95. The van der Waals surface area contributed by atoms with Crippen LogP contribution in [0.15, 0.2) is 0 Å². The van der Waals surface area contributed by atoms with Gasteiger partial charge in [-0.25, -0.2) is 18.6 Å². The Balaban J connectivity index is 0. The summed E-state index contributed by atoms with van der Waals surface area (Å²) in [4.78, 5) is 0. The number of rotatable bonds is 4. The summed E-state index contributed by atoms with van der Waals surface area (Å²) < 4.78 is 34.0. The van der Waals surface area contributed by atoms with Gasteiger partial charge in [0.15, 0.2) is 0 Å². The maximum Gasteiger partial charge on any atom is 0.0565 e. The second-order valence-electron chi connectivity index (χ2n) is 2.98. The minimum atomic E-state index is -4.94. The van der Waals surface area contributed by atoms with Crippen molar-refractivity contribution in [1.82, 2.24) is 0 Å². The minimum Gasteiger partial charge on any atom is -0.222 e. The highest BCUT2D eigenvalue weighted by molar-refractivity contribution is 7.75. The van der Waals surface area contributed by atoms with Crippen LogP contribution in [0.25, 0.3) is 0 Å². The van der Waals surface area contributed by atoms with E-state index in [9.17, 15) is 0 Å². The van der Waals surface area contributed by atoms with Crippen molar-refractivity contribution in [2.24, 2.45) is 0 Å². The molecule has 0 aliphatic heterocycles. The predicted octanol–water partition coefficient (Wildman–Crippen LogP) is -1.67. The third-order valence-electron chi connectivity index (χ3n) is 2.68. The smallest absolute Gasteiger partial charge is 0.0565 e. The monoisotopic (exact) mass is 246 g/mol. The van der Waals surface area contributed by atoms with Crippen molar-refractivity contribution in [3.8, 4) is 0 Å². The molecule has 0 aliphatic rings. The Bertz CT molecular complexity index is 110. The fourth-order valence-corrected chi connectivity index (χ4v) is 4.02. The Morgan fingerprint density at radius 2 is 0.857 bits per heavy atom. The molecule has 4 nitrogen and oxygen atoms in total. The van der Waals surface area contributed by atoms with Crippen LogP contribution >= 0.6 is 7.26 Å². The summed E-state index contributed by atoms with van der Waals surface area (Å²) in [6, 6.07) is 0. The van der Waals surface area contributed by atoms with E-state index in [1.165, 1.54) is 24.6 Å². The van der Waals surface area contributed by atoms with E-state index in [-0.39, 0.29) is 0 Å². The summed E-state index contributed by atoms with van der Waals surface area (Å²) in [5, 5.41) is 0. The molecule has 0 bridgehead atoms. The van der Waals surface area contributed by atoms with Gasteiger partial charge < -0.3 is 0 Å². The first-order chi connectivity index (χ1) is 6.24. The molecule has 14 heavy (non-hydrogen) atoms. The van der Waals surface area contributed by atoms with E-state index in [0.29, 0.717) is 0 Å². The quantitative estimate of drug-likeness (QED) is 0.555. The van der Waals surface area contributed by atoms with E-state index in [1.807, 2.05) is 0 Å². The Hall–Kier alpha value is 0.560. The van der Waals surface area contributed by atoms with Gasteiger partial charge in [0.2, 0.25) is 0 Å². The predicted molar refractivity (Wildman–Crippen MR) is 49.1 cm³/mol. The Kier molecular flexibility index (Phi) is 9.46. The average Bonchev–Trinajstić information content (AvgIpc) is 2.07. The maximum absolute atomic E-state index is 8.49. The molecule has 0 N–H and O–H groups in total. The Labute approximate surface area is 89.0 Å². The third-order valence-corrected chi connectivity index (χ3v) is 8.05. The highest BCUT2D eigenvalue weighted by Gasteiger charge is 2.27. The molecular formula is C8H20ClO4P. The molecule has 0 rings (SSSR count). The van der Waals surface area contributed by atoms with E-state index in [0.717, 1.165) is 0 Å². The molecule has 0 aromatic rings. The number of hydrogen-bond acceptors (Lipinski definition) is 4. The average molecular weight is 247 g/mol. The molecule has 0 aromatic heterocycles. The lowest BCUT2D eigenvalue weighted by molar-refractivity contribution is -2.00. The zero-order chi connectivity index (χ0) is 11.8. The second kappa shape index (κ2) is 7.80. The van der Waals surface area contributed by atoms with Gasteiger partial charge in [0.05, 0.1) is 24.6 Å². The largest absolute Gasteiger partial charge is 0.222 e. The summed E-state index contributed by atoms with van der Waals surface area (Å²) in [7, 11) is -5.36. The molecule has 0 unspecified atom stereocenters. The van der Waals surface area contributed by atoms with Crippen LogP contribution in [-0.4, -0.2) is 24.6 Å². The van der Waals surface area contributed by atoms with Crippen LogP contribution in [0.2, 0.25) is 0 Å². The lowest BCUT2D eigenvalue weighted by Gasteiger charge is -2.20. The van der Waals surface area contributed by atoms with Crippen LogP contribution < -0.4 is 18.6 Å². The van der Waals surface area contributed by atoms with Crippen LogP contribution in [0.1, 0.15) is 27.7 Å². The third kappa shape index (κ3) is 10.6. The molecule has 0 radical (unpaired) electrons. The molecule has 0 fully saturated rings. The molecular weight excluding hydrogens is 227 g/mol. The SMILES string of the molecule is CC[P+](CC)(CC)CC.[O-][Cl+3]([O-])([O-])[O-]. The number of halogens is 1.